The van der Waals surface area contributed by atoms with Gasteiger partial charge in [-0.1, -0.05) is 95.7 Å². The lowest BCUT2D eigenvalue weighted by Gasteiger charge is -2.37. The van der Waals surface area contributed by atoms with Gasteiger partial charge in [0.15, 0.2) is 5.60 Å². The Morgan fingerprint density at radius 3 is 2.46 bits per heavy atom. The zero-order valence-electron chi connectivity index (χ0n) is 28.8. The Balaban J connectivity index is 1.24. The molecule has 4 aromatic carbocycles. The van der Waals surface area contributed by atoms with Crippen LogP contribution in [0.3, 0.4) is 0 Å². The first kappa shape index (κ1) is 34.4. The Morgan fingerprint density at radius 1 is 0.980 bits per heavy atom. The van der Waals surface area contributed by atoms with Gasteiger partial charge in [-0.25, -0.2) is 5.01 Å². The fourth-order valence-electron chi connectivity index (χ4n) is 8.40. The summed E-state index contributed by atoms with van der Waals surface area (Å²) < 4.78 is 13.3. The summed E-state index contributed by atoms with van der Waals surface area (Å²) in [7, 11) is -0.623. The lowest BCUT2D eigenvalue weighted by Crippen LogP contribution is -2.51. The van der Waals surface area contributed by atoms with Crippen LogP contribution in [0.4, 0.5) is 11.4 Å². The molecule has 1 fully saturated rings. The number of hydrazone groups is 1. The number of aliphatic hydroxyl groups is 1. The van der Waals surface area contributed by atoms with Gasteiger partial charge in [0, 0.05) is 35.4 Å². The lowest BCUT2D eigenvalue weighted by molar-refractivity contribution is -0.146. The molecule has 1 N–H and O–H groups in total. The molecule has 4 aromatic rings. The maximum absolute atomic E-state index is 15.0. The number of ether oxygens (including phenoxy) is 2. The molecular weight excluding hydrogens is 710 g/mol. The summed E-state index contributed by atoms with van der Waals surface area (Å²) in [6, 6.07) is 31.9. The first-order chi connectivity index (χ1) is 24.1. The molecule has 1 spiro atoms. The van der Waals surface area contributed by atoms with E-state index in [1.54, 1.807) is 7.11 Å². The Labute approximate surface area is 302 Å². The number of carbonyl (C=O) groups excluding carboxylic acids is 2. The summed E-state index contributed by atoms with van der Waals surface area (Å²) in [6.45, 7) is 7.08. The molecule has 258 valence electrons. The van der Waals surface area contributed by atoms with Gasteiger partial charge in [-0.05, 0) is 65.6 Å². The van der Waals surface area contributed by atoms with E-state index in [-0.39, 0.29) is 36.0 Å². The van der Waals surface area contributed by atoms with E-state index in [0.29, 0.717) is 31.5 Å². The van der Waals surface area contributed by atoms with Gasteiger partial charge < -0.3 is 19.5 Å². The second-order valence-corrected chi connectivity index (χ2v) is 19.6. The third-order valence-corrected chi connectivity index (χ3v) is 15.7. The second-order valence-electron chi connectivity index (χ2n) is 14.0. The number of benzene rings is 4. The largest absolute Gasteiger partial charge is 0.497 e. The lowest BCUT2D eigenvalue weighted by atomic mass is 9.82. The average Bonchev–Trinajstić information content (AvgIpc) is 3.55. The number of aliphatic hydroxyl groups excluding tert-OH is 1. The minimum absolute atomic E-state index is 0.0310. The van der Waals surface area contributed by atoms with Crippen LogP contribution in [-0.2, 0) is 26.5 Å². The van der Waals surface area contributed by atoms with Crippen molar-refractivity contribution >= 4 is 58.1 Å². The van der Waals surface area contributed by atoms with Gasteiger partial charge in [0.1, 0.15) is 5.75 Å². The highest BCUT2D eigenvalue weighted by Gasteiger charge is 2.66. The second kappa shape index (κ2) is 13.6. The van der Waals surface area contributed by atoms with E-state index in [9.17, 15) is 9.90 Å². The van der Waals surface area contributed by atoms with Crippen LogP contribution in [0.25, 0.3) is 0 Å². The first-order valence-electron chi connectivity index (χ1n) is 17.2. The number of halogens is 1. The predicted octanol–water partition coefficient (Wildman–Crippen LogP) is 7.13. The quantitative estimate of drug-likeness (QED) is 0.184. The maximum atomic E-state index is 15.0. The topological polar surface area (TPSA) is 91.7 Å². The van der Waals surface area contributed by atoms with Crippen LogP contribution >= 0.6 is 15.9 Å². The number of methoxy groups -OCH3 is 1. The molecule has 3 aliphatic rings. The highest BCUT2D eigenvalue weighted by Crippen LogP contribution is 2.60. The average molecular weight is 753 g/mol. The molecule has 7 rings (SSSR count). The summed E-state index contributed by atoms with van der Waals surface area (Å²) in [5, 5.41) is 17.7. The maximum Gasteiger partial charge on any atom is 0.264 e. The number of hydrogen-bond donors (Lipinski definition) is 1. The first-order valence-corrected chi connectivity index (χ1v) is 21.1. The van der Waals surface area contributed by atoms with Gasteiger partial charge in [0.25, 0.3) is 5.91 Å². The van der Waals surface area contributed by atoms with E-state index in [1.807, 2.05) is 89.8 Å². The minimum atomic E-state index is -2.29. The number of rotatable bonds is 9. The van der Waals surface area contributed by atoms with Crippen molar-refractivity contribution in [1.82, 2.24) is 0 Å². The van der Waals surface area contributed by atoms with Crippen molar-refractivity contribution in [3.05, 3.63) is 118 Å². The van der Waals surface area contributed by atoms with E-state index in [1.165, 1.54) is 10.2 Å². The zero-order chi connectivity index (χ0) is 35.2. The smallest absolute Gasteiger partial charge is 0.264 e. The number of hydrogen-bond acceptors (Lipinski definition) is 6. The van der Waals surface area contributed by atoms with Gasteiger partial charge in [0.2, 0.25) is 5.91 Å². The molecule has 0 saturated carbocycles. The van der Waals surface area contributed by atoms with Crippen molar-refractivity contribution in [2.75, 3.05) is 23.6 Å². The molecule has 2 amide bonds. The van der Waals surface area contributed by atoms with Crippen LogP contribution in [-0.4, -0.2) is 50.5 Å². The minimum Gasteiger partial charge on any atom is -0.497 e. The molecule has 8 nitrogen and oxygen atoms in total. The van der Waals surface area contributed by atoms with E-state index < -0.39 is 13.7 Å². The monoisotopic (exact) mass is 751 g/mol. The van der Waals surface area contributed by atoms with Crippen molar-refractivity contribution in [2.24, 2.45) is 11.0 Å². The van der Waals surface area contributed by atoms with Crippen molar-refractivity contribution < 1.29 is 24.2 Å². The van der Waals surface area contributed by atoms with Crippen LogP contribution in [0.2, 0.25) is 18.6 Å². The number of fused-ring (bicyclic) bond motifs is 2. The summed E-state index contributed by atoms with van der Waals surface area (Å²) in [6.07, 6.45) is 1.09. The molecular formula is C40H42BrN3O5Si. The molecule has 4 atom stereocenters. The van der Waals surface area contributed by atoms with Crippen LogP contribution in [0, 0.1) is 5.92 Å². The molecule has 50 heavy (non-hydrogen) atoms. The van der Waals surface area contributed by atoms with Crippen molar-refractivity contribution in [3.63, 3.8) is 0 Å². The number of carbonyl (C=O) groups is 2. The molecule has 0 aliphatic carbocycles. The third-order valence-electron chi connectivity index (χ3n) is 10.8. The van der Waals surface area contributed by atoms with E-state index in [4.69, 9.17) is 14.6 Å². The molecule has 1 saturated heterocycles. The standard InChI is InChI=1S/C40H42BrN3O5Si/c1-26-38(50(3,4)32-16-14-31(48-2)15-17-32)36(21-22-45)49-40(26)33-24-29(41)13-19-35(33)43(39(40)47)25-27-9-8-12-30(23-27)44-37(46)20-18-34(42-44)28-10-6-5-7-11-28/h5-17,19,23-24,26,36,38,45H,18,20-22,25H2,1-4H3/t26-,36+,38-,40+/m1/s1. The molecule has 3 aliphatic heterocycles. The molecule has 0 unspecified atom stereocenters. The van der Waals surface area contributed by atoms with Gasteiger partial charge in [-0.15, -0.1) is 0 Å². The normalized spacial score (nSPS) is 23.4. The Kier molecular flexibility index (Phi) is 9.32. The third kappa shape index (κ3) is 5.81. The zero-order valence-corrected chi connectivity index (χ0v) is 31.4. The van der Waals surface area contributed by atoms with Crippen LogP contribution < -0.4 is 19.8 Å². The Morgan fingerprint density at radius 2 is 1.74 bits per heavy atom. The Hall–Kier alpha value is -4.09. The molecule has 0 radical (unpaired) electrons. The number of anilines is 2. The van der Waals surface area contributed by atoms with Gasteiger partial charge in [-0.2, -0.15) is 5.10 Å². The summed E-state index contributed by atoms with van der Waals surface area (Å²) in [5.41, 5.74) is 3.89. The highest BCUT2D eigenvalue weighted by molar-refractivity contribution is 9.10. The van der Waals surface area contributed by atoms with E-state index in [2.05, 4.69) is 48.1 Å². The van der Waals surface area contributed by atoms with Gasteiger partial charge in [0.05, 0.1) is 44.9 Å². The summed E-state index contributed by atoms with van der Waals surface area (Å²) >= 11 is 3.68. The molecule has 10 heteroatoms. The Bertz CT molecular complexity index is 1950. The number of nitrogens with zero attached hydrogens (tertiary/aromatic N) is 3. The predicted molar refractivity (Wildman–Crippen MR) is 203 cm³/mol. The van der Waals surface area contributed by atoms with Crippen LogP contribution in [0.5, 0.6) is 5.75 Å². The van der Waals surface area contributed by atoms with Crippen molar-refractivity contribution in [3.8, 4) is 5.75 Å². The van der Waals surface area contributed by atoms with Crippen LogP contribution in [0.1, 0.15) is 42.9 Å². The summed E-state index contributed by atoms with van der Waals surface area (Å²) in [5.74, 6) is 0.463. The van der Waals surface area contributed by atoms with E-state index in [0.717, 1.165) is 38.3 Å². The highest BCUT2D eigenvalue weighted by atomic mass is 79.9. The van der Waals surface area contributed by atoms with Crippen molar-refractivity contribution in [1.29, 1.82) is 0 Å². The van der Waals surface area contributed by atoms with Gasteiger partial charge >= 0.3 is 0 Å². The fourth-order valence-corrected chi connectivity index (χ4v) is 12.8. The van der Waals surface area contributed by atoms with Crippen LogP contribution in [0.15, 0.2) is 107 Å². The fraction of sp³-hybridized carbons (Fsp3) is 0.325. The summed E-state index contributed by atoms with van der Waals surface area (Å²) in [4.78, 5) is 30.0. The molecule has 0 bridgehead atoms. The van der Waals surface area contributed by atoms with Gasteiger partial charge in [-0.3, -0.25) is 9.59 Å². The van der Waals surface area contributed by atoms with Crippen molar-refractivity contribution in [2.45, 2.75) is 63.1 Å². The molecule has 3 heterocycles. The number of amides is 2. The van der Waals surface area contributed by atoms with E-state index >= 15 is 4.79 Å². The molecule has 0 aromatic heterocycles. The SMILES string of the molecule is COc1ccc([Si](C)(C)[C@H]2[C@H](CCO)O[C@@]3(C(=O)N(Cc4cccc(N5N=C(c6ccccc6)CCC5=O)c4)c4ccc(Br)cc43)[C@@H]2C)cc1.